The van der Waals surface area contributed by atoms with E-state index < -0.39 is 17.6 Å². The Morgan fingerprint density at radius 2 is 2.18 bits per heavy atom. The Hall–Kier alpha value is -0.870. The fraction of sp³-hybridized carbons (Fsp3) is 0.917. The molecule has 0 aromatic heterocycles. The highest BCUT2D eigenvalue weighted by Gasteiger charge is 2.59. The van der Waals surface area contributed by atoms with Crippen molar-refractivity contribution in [3.8, 4) is 0 Å². The van der Waals surface area contributed by atoms with Crippen molar-refractivity contribution in [1.29, 1.82) is 0 Å². The minimum absolute atomic E-state index is 0.00134. The lowest BCUT2D eigenvalue weighted by molar-refractivity contribution is -0.0670. The van der Waals surface area contributed by atoms with Crippen LogP contribution in [0.3, 0.4) is 0 Å². The van der Waals surface area contributed by atoms with Crippen LogP contribution >= 0.6 is 0 Å². The van der Waals surface area contributed by atoms with Gasteiger partial charge >= 0.3 is 6.09 Å². The second-order valence-electron chi connectivity index (χ2n) is 5.82. The van der Waals surface area contributed by atoms with Gasteiger partial charge in [0, 0.05) is 18.8 Å². The van der Waals surface area contributed by atoms with Gasteiger partial charge in [-0.1, -0.05) is 6.92 Å². The standard InChI is InChI=1S/C12H17F2NO2/c1-7-9-2-3-12(13,14)5-8(9)4-11(7)6-15-10(16)17-11/h7-9H,2-6H2,1H3,(H,15,16)/t7-,8+,9-,11+/m1/s1. The first-order valence-corrected chi connectivity index (χ1v) is 6.27. The molecular formula is C12H17F2NO2. The van der Waals surface area contributed by atoms with E-state index in [4.69, 9.17) is 4.74 Å². The molecule has 1 aliphatic heterocycles. The number of carbonyl (C=O) groups excluding carboxylic acids is 1. The third-order valence-electron chi connectivity index (χ3n) is 4.92. The molecule has 2 aliphatic carbocycles. The van der Waals surface area contributed by atoms with Gasteiger partial charge < -0.3 is 10.1 Å². The van der Waals surface area contributed by atoms with Crippen LogP contribution in [0, 0.1) is 17.8 Å². The molecule has 1 N–H and O–H groups in total. The van der Waals surface area contributed by atoms with E-state index in [1.165, 1.54) is 0 Å². The fourth-order valence-corrected chi connectivity index (χ4v) is 4.00. The molecule has 1 amide bonds. The molecule has 1 saturated heterocycles. The summed E-state index contributed by atoms with van der Waals surface area (Å²) >= 11 is 0. The Labute approximate surface area is 98.9 Å². The smallest absolute Gasteiger partial charge is 0.407 e. The maximum absolute atomic E-state index is 13.4. The van der Waals surface area contributed by atoms with Crippen molar-refractivity contribution in [2.24, 2.45) is 17.8 Å². The molecule has 0 unspecified atom stereocenters. The molecule has 1 spiro atoms. The average Bonchev–Trinajstić information content (AvgIpc) is 2.70. The summed E-state index contributed by atoms with van der Waals surface area (Å²) < 4.78 is 32.2. The molecule has 3 rings (SSSR count). The van der Waals surface area contributed by atoms with Crippen LogP contribution in [0.1, 0.15) is 32.6 Å². The second kappa shape index (κ2) is 3.33. The third-order valence-corrected chi connectivity index (χ3v) is 4.92. The van der Waals surface area contributed by atoms with Gasteiger partial charge in [-0.3, -0.25) is 0 Å². The van der Waals surface area contributed by atoms with Crippen molar-refractivity contribution >= 4 is 6.09 Å². The molecule has 2 saturated carbocycles. The first-order valence-electron chi connectivity index (χ1n) is 6.27. The zero-order valence-corrected chi connectivity index (χ0v) is 9.84. The van der Waals surface area contributed by atoms with Gasteiger partial charge in [0.1, 0.15) is 5.60 Å². The number of rotatable bonds is 0. The van der Waals surface area contributed by atoms with Gasteiger partial charge in [-0.05, 0) is 24.7 Å². The zero-order valence-electron chi connectivity index (χ0n) is 9.84. The largest absolute Gasteiger partial charge is 0.441 e. The predicted octanol–water partition coefficient (Wildman–Crippen LogP) is 2.56. The van der Waals surface area contributed by atoms with Crippen molar-refractivity contribution in [3.63, 3.8) is 0 Å². The van der Waals surface area contributed by atoms with E-state index in [0.717, 1.165) is 0 Å². The summed E-state index contributed by atoms with van der Waals surface area (Å²) in [5.74, 6) is -2.06. The van der Waals surface area contributed by atoms with Gasteiger partial charge in [-0.15, -0.1) is 0 Å². The molecule has 5 heteroatoms. The summed E-state index contributed by atoms with van der Waals surface area (Å²) in [6, 6.07) is 0. The topological polar surface area (TPSA) is 38.3 Å². The highest BCUT2D eigenvalue weighted by atomic mass is 19.3. The molecule has 3 nitrogen and oxygen atoms in total. The van der Waals surface area contributed by atoms with Gasteiger partial charge in [-0.25, -0.2) is 13.6 Å². The monoisotopic (exact) mass is 245 g/mol. The van der Waals surface area contributed by atoms with E-state index in [2.05, 4.69) is 5.32 Å². The molecule has 96 valence electrons. The van der Waals surface area contributed by atoms with Crippen molar-refractivity contribution in [1.82, 2.24) is 5.32 Å². The number of hydrogen-bond donors (Lipinski definition) is 1. The summed E-state index contributed by atoms with van der Waals surface area (Å²) in [5, 5.41) is 2.66. The number of fused-ring (bicyclic) bond motifs is 1. The van der Waals surface area contributed by atoms with E-state index in [9.17, 15) is 13.6 Å². The summed E-state index contributed by atoms with van der Waals surface area (Å²) in [5.41, 5.74) is -0.521. The van der Waals surface area contributed by atoms with Gasteiger partial charge in [0.05, 0.1) is 6.54 Å². The van der Waals surface area contributed by atoms with E-state index in [1.54, 1.807) is 0 Å². The van der Waals surface area contributed by atoms with Crippen LogP contribution in [0.2, 0.25) is 0 Å². The van der Waals surface area contributed by atoms with E-state index in [0.29, 0.717) is 19.4 Å². The molecule has 0 aromatic rings. The molecule has 3 aliphatic rings. The number of alkyl halides is 2. The Bertz CT molecular complexity index is 360. The lowest BCUT2D eigenvalue weighted by atomic mass is 9.76. The van der Waals surface area contributed by atoms with Gasteiger partial charge in [0.25, 0.3) is 0 Å². The SMILES string of the molecule is C[C@@H]1[C@H]2CCC(F)(F)C[C@@H]2C[C@]12CNC(=O)O2. The minimum Gasteiger partial charge on any atom is -0.441 e. The summed E-state index contributed by atoms with van der Waals surface area (Å²) in [4.78, 5) is 11.2. The number of halogens is 2. The number of nitrogens with one attached hydrogen (secondary N) is 1. The second-order valence-corrected chi connectivity index (χ2v) is 5.82. The third kappa shape index (κ3) is 1.62. The molecule has 3 fully saturated rings. The Morgan fingerprint density at radius 3 is 2.82 bits per heavy atom. The summed E-state index contributed by atoms with van der Waals surface area (Å²) in [6.45, 7) is 2.51. The zero-order chi connectivity index (χ0) is 12.3. The van der Waals surface area contributed by atoms with Crippen LogP contribution in [-0.4, -0.2) is 24.2 Å². The molecule has 0 bridgehead atoms. The maximum Gasteiger partial charge on any atom is 0.407 e. The molecular weight excluding hydrogens is 228 g/mol. The molecule has 0 aromatic carbocycles. The van der Waals surface area contributed by atoms with Crippen LogP contribution in [0.25, 0.3) is 0 Å². The van der Waals surface area contributed by atoms with E-state index >= 15 is 0 Å². The van der Waals surface area contributed by atoms with Gasteiger partial charge in [-0.2, -0.15) is 0 Å². The van der Waals surface area contributed by atoms with Crippen LogP contribution in [0.4, 0.5) is 13.6 Å². The van der Waals surface area contributed by atoms with Crippen LogP contribution in [-0.2, 0) is 4.74 Å². The average molecular weight is 245 g/mol. The van der Waals surface area contributed by atoms with Crippen molar-refractivity contribution < 1.29 is 18.3 Å². The normalized spacial score (nSPS) is 47.7. The first-order chi connectivity index (χ1) is 7.92. The maximum atomic E-state index is 13.4. The van der Waals surface area contributed by atoms with Crippen molar-refractivity contribution in [2.75, 3.05) is 6.54 Å². The van der Waals surface area contributed by atoms with Crippen LogP contribution in [0.15, 0.2) is 0 Å². The van der Waals surface area contributed by atoms with E-state index in [1.807, 2.05) is 6.92 Å². The lowest BCUT2D eigenvalue weighted by Gasteiger charge is -2.33. The lowest BCUT2D eigenvalue weighted by Crippen LogP contribution is -2.37. The Morgan fingerprint density at radius 1 is 1.41 bits per heavy atom. The van der Waals surface area contributed by atoms with Crippen LogP contribution in [0.5, 0.6) is 0 Å². The fourth-order valence-electron chi connectivity index (χ4n) is 4.00. The number of ether oxygens (including phenoxy) is 1. The molecule has 4 atom stereocenters. The first kappa shape index (κ1) is 11.2. The van der Waals surface area contributed by atoms with Crippen LogP contribution < -0.4 is 5.32 Å². The minimum atomic E-state index is -2.53. The Kier molecular flexibility index (Phi) is 2.20. The molecule has 1 heterocycles. The van der Waals surface area contributed by atoms with Crippen molar-refractivity contribution in [2.45, 2.75) is 44.1 Å². The predicted molar refractivity (Wildman–Crippen MR) is 56.8 cm³/mol. The van der Waals surface area contributed by atoms with Crippen molar-refractivity contribution in [3.05, 3.63) is 0 Å². The number of hydrogen-bond acceptors (Lipinski definition) is 2. The number of carbonyl (C=O) groups is 1. The van der Waals surface area contributed by atoms with Gasteiger partial charge in [0.2, 0.25) is 5.92 Å². The van der Waals surface area contributed by atoms with Gasteiger partial charge in [0.15, 0.2) is 0 Å². The van der Waals surface area contributed by atoms with E-state index in [-0.39, 0.29) is 30.6 Å². The molecule has 17 heavy (non-hydrogen) atoms. The molecule has 0 radical (unpaired) electrons. The number of alkyl carbamates (subject to hydrolysis) is 1. The summed E-state index contributed by atoms with van der Waals surface area (Å²) in [6.07, 6.45) is 0.685. The quantitative estimate of drug-likeness (QED) is 0.712. The Balaban J connectivity index is 1.82. The number of amides is 1. The highest BCUT2D eigenvalue weighted by Crippen LogP contribution is 2.56. The summed E-state index contributed by atoms with van der Waals surface area (Å²) in [7, 11) is 0. The highest BCUT2D eigenvalue weighted by molar-refractivity contribution is 5.70.